The number of benzene rings is 1. The molecule has 1 aliphatic heterocycles. The molecule has 0 saturated carbocycles. The minimum Gasteiger partial charge on any atom is -0.492 e. The quantitative estimate of drug-likeness (QED) is 0.694. The van der Waals surface area contributed by atoms with E-state index in [1.165, 1.54) is 5.75 Å². The highest BCUT2D eigenvalue weighted by atomic mass is 35.5. The van der Waals surface area contributed by atoms with Crippen molar-refractivity contribution in [3.63, 3.8) is 0 Å². The summed E-state index contributed by atoms with van der Waals surface area (Å²) in [5.74, 6) is 2.15. The summed E-state index contributed by atoms with van der Waals surface area (Å²) in [7, 11) is 0. The molecule has 1 aromatic rings. The van der Waals surface area contributed by atoms with Gasteiger partial charge in [0.1, 0.15) is 12.4 Å². The Morgan fingerprint density at radius 2 is 2.08 bits per heavy atom. The summed E-state index contributed by atoms with van der Waals surface area (Å²) >= 11 is 7.67. The van der Waals surface area contributed by atoms with Gasteiger partial charge in [-0.15, -0.1) is 0 Å². The average molecular weight is 201 g/mol. The summed E-state index contributed by atoms with van der Waals surface area (Å²) in [6.07, 6.45) is 0. The van der Waals surface area contributed by atoms with Crippen LogP contribution in [0.4, 0.5) is 0 Å². The minimum absolute atomic E-state index is 0.723. The van der Waals surface area contributed by atoms with Crippen LogP contribution in [0.3, 0.4) is 0 Å². The lowest BCUT2D eigenvalue weighted by atomic mass is 10.3. The molecule has 1 heterocycles. The van der Waals surface area contributed by atoms with Gasteiger partial charge in [-0.25, -0.2) is 0 Å². The van der Waals surface area contributed by atoms with Crippen LogP contribution in [-0.4, -0.2) is 17.6 Å². The van der Waals surface area contributed by atoms with Crippen LogP contribution in [0.5, 0.6) is 5.75 Å². The van der Waals surface area contributed by atoms with Crippen molar-refractivity contribution in [1.82, 2.24) is 0 Å². The molecule has 1 saturated heterocycles. The van der Waals surface area contributed by atoms with E-state index in [4.69, 9.17) is 16.3 Å². The van der Waals surface area contributed by atoms with Crippen LogP contribution < -0.4 is 4.74 Å². The first-order valence-corrected chi connectivity index (χ1v) is 5.27. The summed E-state index contributed by atoms with van der Waals surface area (Å²) < 4.78 is 5.51. The minimum atomic E-state index is 0.723. The molecule has 0 unspecified atom stereocenters. The third kappa shape index (κ3) is 2.32. The van der Waals surface area contributed by atoms with Crippen LogP contribution in [0.2, 0.25) is 5.02 Å². The van der Waals surface area contributed by atoms with Crippen molar-refractivity contribution in [2.45, 2.75) is 5.25 Å². The van der Waals surface area contributed by atoms with Gasteiger partial charge in [0.25, 0.3) is 0 Å². The molecule has 0 aliphatic carbocycles. The van der Waals surface area contributed by atoms with Gasteiger partial charge in [0, 0.05) is 16.0 Å². The first kappa shape index (κ1) is 8.27. The topological polar surface area (TPSA) is 9.23 Å². The third-order valence-corrected chi connectivity index (χ3v) is 2.84. The van der Waals surface area contributed by atoms with Crippen molar-refractivity contribution < 1.29 is 4.74 Å². The highest BCUT2D eigenvalue weighted by molar-refractivity contribution is 8.06. The Bertz CT molecular complexity index is 256. The van der Waals surface area contributed by atoms with Gasteiger partial charge in [-0.1, -0.05) is 11.6 Å². The van der Waals surface area contributed by atoms with E-state index in [-0.39, 0.29) is 0 Å². The first-order chi connectivity index (χ1) is 5.84. The maximum absolute atomic E-state index is 5.73. The van der Waals surface area contributed by atoms with Crippen molar-refractivity contribution in [2.24, 2.45) is 0 Å². The molecule has 0 amide bonds. The van der Waals surface area contributed by atoms with Gasteiger partial charge < -0.3 is 4.74 Å². The second-order valence-corrected chi connectivity index (χ2v) is 4.49. The molecule has 0 aromatic heterocycles. The summed E-state index contributed by atoms with van der Waals surface area (Å²) in [5, 5.41) is 1.48. The highest BCUT2D eigenvalue weighted by Crippen LogP contribution is 2.30. The lowest BCUT2D eigenvalue weighted by Crippen LogP contribution is -2.02. The molecule has 0 radical (unpaired) electrons. The van der Waals surface area contributed by atoms with E-state index in [2.05, 4.69) is 0 Å². The maximum Gasteiger partial charge on any atom is 0.119 e. The lowest BCUT2D eigenvalue weighted by molar-refractivity contribution is 0.330. The Kier molecular flexibility index (Phi) is 2.47. The highest BCUT2D eigenvalue weighted by Gasteiger charge is 2.22. The SMILES string of the molecule is Clc1ccc(OC[C@H]2CS2)cc1. The van der Waals surface area contributed by atoms with E-state index in [1.807, 2.05) is 36.0 Å². The van der Waals surface area contributed by atoms with E-state index < -0.39 is 0 Å². The van der Waals surface area contributed by atoms with Crippen LogP contribution in [-0.2, 0) is 0 Å². The maximum atomic E-state index is 5.73. The first-order valence-electron chi connectivity index (χ1n) is 3.84. The fraction of sp³-hybridized carbons (Fsp3) is 0.333. The fourth-order valence-corrected chi connectivity index (χ4v) is 1.41. The molecule has 0 N–H and O–H groups in total. The van der Waals surface area contributed by atoms with Crippen LogP contribution in [0.15, 0.2) is 24.3 Å². The Morgan fingerprint density at radius 3 is 2.67 bits per heavy atom. The van der Waals surface area contributed by atoms with Crippen molar-refractivity contribution >= 4 is 23.4 Å². The number of ether oxygens (including phenoxy) is 1. The van der Waals surface area contributed by atoms with E-state index >= 15 is 0 Å². The van der Waals surface area contributed by atoms with Crippen LogP contribution in [0.25, 0.3) is 0 Å². The van der Waals surface area contributed by atoms with Crippen molar-refractivity contribution in [1.29, 1.82) is 0 Å². The van der Waals surface area contributed by atoms with E-state index in [0.29, 0.717) is 0 Å². The molecule has 0 bridgehead atoms. The van der Waals surface area contributed by atoms with E-state index in [9.17, 15) is 0 Å². The summed E-state index contributed by atoms with van der Waals surface area (Å²) in [5.41, 5.74) is 0. The molecule has 0 spiro atoms. The van der Waals surface area contributed by atoms with E-state index in [1.54, 1.807) is 0 Å². The Hall–Kier alpha value is -0.340. The van der Waals surface area contributed by atoms with Gasteiger partial charge in [0.05, 0.1) is 0 Å². The molecule has 3 heteroatoms. The standard InChI is InChI=1S/C9H9ClOS/c10-7-1-3-8(4-2-7)11-5-9-6-12-9/h1-4,9H,5-6H2/t9-/m0/s1. The normalized spacial score (nSPS) is 20.6. The molecular formula is C9H9ClOS. The number of thioether (sulfide) groups is 1. The molecule has 1 nitrogen and oxygen atoms in total. The predicted octanol–water partition coefficient (Wildman–Crippen LogP) is 2.83. The number of rotatable bonds is 3. The van der Waals surface area contributed by atoms with Gasteiger partial charge in [-0.3, -0.25) is 0 Å². The molecule has 1 atom stereocenters. The van der Waals surface area contributed by atoms with Gasteiger partial charge in [-0.05, 0) is 24.3 Å². The monoisotopic (exact) mass is 200 g/mol. The molecule has 2 rings (SSSR count). The zero-order chi connectivity index (χ0) is 8.39. The smallest absolute Gasteiger partial charge is 0.119 e. The van der Waals surface area contributed by atoms with Gasteiger partial charge >= 0.3 is 0 Å². The molecule has 1 aliphatic rings. The number of halogens is 1. The summed E-state index contributed by atoms with van der Waals surface area (Å²) in [6.45, 7) is 0.826. The third-order valence-electron chi connectivity index (χ3n) is 1.65. The summed E-state index contributed by atoms with van der Waals surface area (Å²) in [6, 6.07) is 7.48. The average Bonchev–Trinajstić information content (AvgIpc) is 2.87. The Labute approximate surface area is 81.1 Å². The molecular weight excluding hydrogens is 192 g/mol. The van der Waals surface area contributed by atoms with Gasteiger partial charge in [0.2, 0.25) is 0 Å². The molecule has 64 valence electrons. The van der Waals surface area contributed by atoms with Gasteiger partial charge in [0.15, 0.2) is 0 Å². The van der Waals surface area contributed by atoms with Crippen molar-refractivity contribution in [3.8, 4) is 5.75 Å². The van der Waals surface area contributed by atoms with Crippen molar-refractivity contribution in [3.05, 3.63) is 29.3 Å². The zero-order valence-corrected chi connectivity index (χ0v) is 8.07. The largest absolute Gasteiger partial charge is 0.492 e. The molecule has 12 heavy (non-hydrogen) atoms. The number of hydrogen-bond acceptors (Lipinski definition) is 2. The van der Waals surface area contributed by atoms with Crippen LogP contribution in [0, 0.1) is 0 Å². The lowest BCUT2D eigenvalue weighted by Gasteiger charge is -2.03. The second-order valence-electron chi connectivity index (χ2n) is 2.72. The van der Waals surface area contributed by atoms with Gasteiger partial charge in [-0.2, -0.15) is 11.8 Å². The molecule has 1 fully saturated rings. The van der Waals surface area contributed by atoms with Crippen molar-refractivity contribution in [2.75, 3.05) is 12.4 Å². The van der Waals surface area contributed by atoms with Crippen LogP contribution in [0.1, 0.15) is 0 Å². The predicted molar refractivity (Wildman–Crippen MR) is 53.2 cm³/mol. The van der Waals surface area contributed by atoms with Crippen LogP contribution >= 0.6 is 23.4 Å². The fourth-order valence-electron chi connectivity index (χ4n) is 0.884. The Balaban J connectivity index is 1.89. The Morgan fingerprint density at radius 1 is 1.42 bits per heavy atom. The summed E-state index contributed by atoms with van der Waals surface area (Å²) in [4.78, 5) is 0. The zero-order valence-electron chi connectivity index (χ0n) is 6.50. The van der Waals surface area contributed by atoms with E-state index in [0.717, 1.165) is 22.6 Å². The number of hydrogen-bond donors (Lipinski definition) is 0. The molecule has 1 aromatic carbocycles. The second kappa shape index (κ2) is 3.58.